The number of piperidine rings is 1. The fourth-order valence-electron chi connectivity index (χ4n) is 3.49. The van der Waals surface area contributed by atoms with Crippen LogP contribution in [0, 0.1) is 0 Å². The summed E-state index contributed by atoms with van der Waals surface area (Å²) in [4.78, 5) is 15.6. The minimum atomic E-state index is -3.66. The largest absolute Gasteiger partial charge is 0.338 e. The van der Waals surface area contributed by atoms with Gasteiger partial charge in [0.05, 0.1) is 15.5 Å². The summed E-state index contributed by atoms with van der Waals surface area (Å²) in [6.07, 6.45) is 3.29. The van der Waals surface area contributed by atoms with Crippen LogP contribution >= 0.6 is 27.3 Å². The van der Waals surface area contributed by atoms with Crippen LogP contribution in [0.3, 0.4) is 0 Å². The molecule has 2 aromatic carbocycles. The van der Waals surface area contributed by atoms with Crippen LogP contribution in [0.4, 0.5) is 5.69 Å². The fourth-order valence-corrected chi connectivity index (χ4v) is 5.95. The summed E-state index contributed by atoms with van der Waals surface area (Å²) < 4.78 is 29.0. The van der Waals surface area contributed by atoms with Gasteiger partial charge in [0.1, 0.15) is 0 Å². The van der Waals surface area contributed by atoms with Crippen molar-refractivity contribution in [1.82, 2.24) is 4.90 Å². The molecule has 1 saturated heterocycles. The van der Waals surface area contributed by atoms with Gasteiger partial charge in [0.2, 0.25) is 0 Å². The number of carbonyl (C=O) groups excluding carboxylic acids is 1. The second-order valence-electron chi connectivity index (χ2n) is 7.11. The zero-order valence-corrected chi connectivity index (χ0v) is 19.2. The van der Waals surface area contributed by atoms with Crippen LogP contribution in [0.2, 0.25) is 0 Å². The number of halogens is 1. The van der Waals surface area contributed by atoms with Crippen molar-refractivity contribution in [2.75, 3.05) is 24.4 Å². The first-order valence-electron chi connectivity index (χ1n) is 9.44. The number of sulfonamides is 1. The van der Waals surface area contributed by atoms with Gasteiger partial charge in [-0.1, -0.05) is 15.9 Å². The number of anilines is 1. The van der Waals surface area contributed by atoms with Crippen LogP contribution in [0.15, 0.2) is 57.9 Å². The second-order valence-corrected chi connectivity index (χ2v) is 11.1. The number of hydrogen-bond acceptors (Lipinski definition) is 4. The molecule has 1 aliphatic heterocycles. The van der Waals surface area contributed by atoms with Gasteiger partial charge in [0.25, 0.3) is 15.9 Å². The topological polar surface area (TPSA) is 57.7 Å². The summed E-state index contributed by atoms with van der Waals surface area (Å²) in [5, 5.41) is 0.880. The van der Waals surface area contributed by atoms with E-state index in [1.54, 1.807) is 37.4 Å². The second kappa shape index (κ2) is 8.08. The Balaban J connectivity index is 1.63. The summed E-state index contributed by atoms with van der Waals surface area (Å²) >= 11 is 4.79. The van der Waals surface area contributed by atoms with E-state index >= 15 is 0 Å². The molecule has 1 fully saturated rings. The molecule has 5 nitrogen and oxygen atoms in total. The lowest BCUT2D eigenvalue weighted by molar-refractivity contribution is 0.0729. The number of amides is 1. The first kappa shape index (κ1) is 20.4. The first-order valence-corrected chi connectivity index (χ1v) is 12.5. The molecule has 0 saturated carbocycles. The van der Waals surface area contributed by atoms with Gasteiger partial charge in [-0.15, -0.1) is 11.3 Å². The Hall–Kier alpha value is -1.90. The van der Waals surface area contributed by atoms with Crippen LogP contribution in [-0.4, -0.2) is 39.4 Å². The Labute approximate surface area is 183 Å². The minimum absolute atomic E-state index is 0.0725. The summed E-state index contributed by atoms with van der Waals surface area (Å²) in [5.74, 6) is 0.0725. The SMILES string of the molecule is CN(c1ccc2sc(C(=O)N3CCCCC3)cc2c1)S(=O)(=O)c1ccc(Br)cc1. The standard InChI is InChI=1S/C21H21BrN2O3S2/c1-23(29(26,27)18-8-5-16(22)6-9-18)17-7-10-19-15(13-17)14-20(28-19)21(25)24-11-3-2-4-12-24/h5-10,13-14H,2-4,11-12H2,1H3. The van der Waals surface area contributed by atoms with E-state index in [1.165, 1.54) is 22.1 Å². The molecule has 1 aliphatic rings. The summed E-state index contributed by atoms with van der Waals surface area (Å²) in [7, 11) is -2.12. The minimum Gasteiger partial charge on any atom is -0.338 e. The normalized spacial score (nSPS) is 14.9. The molecule has 29 heavy (non-hydrogen) atoms. The smallest absolute Gasteiger partial charge is 0.264 e. The van der Waals surface area contributed by atoms with Crippen LogP contribution in [-0.2, 0) is 10.0 Å². The molecule has 4 rings (SSSR count). The number of nitrogens with zero attached hydrogens (tertiary/aromatic N) is 2. The molecule has 2 heterocycles. The number of fused-ring (bicyclic) bond motifs is 1. The molecule has 0 aliphatic carbocycles. The van der Waals surface area contributed by atoms with E-state index in [0.29, 0.717) is 10.6 Å². The van der Waals surface area contributed by atoms with Crippen molar-refractivity contribution in [2.45, 2.75) is 24.2 Å². The predicted octanol–water partition coefficient (Wildman–Crippen LogP) is 5.12. The Bertz CT molecular complexity index is 1150. The van der Waals surface area contributed by atoms with Crippen molar-refractivity contribution >= 4 is 59.0 Å². The van der Waals surface area contributed by atoms with Crippen LogP contribution < -0.4 is 4.31 Å². The molecule has 3 aromatic rings. The number of rotatable bonds is 4. The van der Waals surface area contributed by atoms with Gasteiger partial charge < -0.3 is 4.90 Å². The van der Waals surface area contributed by atoms with Gasteiger partial charge in [-0.25, -0.2) is 8.42 Å². The fraction of sp³-hybridized carbons (Fsp3) is 0.286. The summed E-state index contributed by atoms with van der Waals surface area (Å²) in [5.41, 5.74) is 0.565. The van der Waals surface area contributed by atoms with Crippen molar-refractivity contribution in [1.29, 1.82) is 0 Å². The Morgan fingerprint density at radius 3 is 2.41 bits per heavy atom. The number of likely N-dealkylation sites (tertiary alicyclic amines) is 1. The average Bonchev–Trinajstić information content (AvgIpc) is 3.17. The third-order valence-corrected chi connectivity index (χ3v) is 8.62. The number of hydrogen-bond donors (Lipinski definition) is 0. The molecule has 1 aromatic heterocycles. The van der Waals surface area contributed by atoms with Crippen LogP contribution in [0.1, 0.15) is 28.9 Å². The lowest BCUT2D eigenvalue weighted by atomic mass is 10.1. The van der Waals surface area contributed by atoms with Crippen LogP contribution in [0.25, 0.3) is 10.1 Å². The van der Waals surface area contributed by atoms with Crippen molar-refractivity contribution in [3.8, 4) is 0 Å². The Morgan fingerprint density at radius 1 is 1.03 bits per heavy atom. The molecular weight excluding hydrogens is 472 g/mol. The van der Waals surface area contributed by atoms with E-state index in [0.717, 1.165) is 40.5 Å². The lowest BCUT2D eigenvalue weighted by Gasteiger charge is -2.26. The van der Waals surface area contributed by atoms with Crippen molar-refractivity contribution in [3.05, 3.63) is 57.9 Å². The molecule has 0 bridgehead atoms. The van der Waals surface area contributed by atoms with Crippen molar-refractivity contribution in [3.63, 3.8) is 0 Å². The predicted molar refractivity (Wildman–Crippen MR) is 121 cm³/mol. The van der Waals surface area contributed by atoms with Gasteiger partial charge in [-0.2, -0.15) is 0 Å². The zero-order valence-electron chi connectivity index (χ0n) is 16.0. The maximum atomic E-state index is 13.0. The quantitative estimate of drug-likeness (QED) is 0.507. The maximum absolute atomic E-state index is 13.0. The Kier molecular flexibility index (Phi) is 5.68. The van der Waals surface area contributed by atoms with Crippen molar-refractivity contribution < 1.29 is 13.2 Å². The summed E-state index contributed by atoms with van der Waals surface area (Å²) in [6, 6.07) is 13.9. The third kappa shape index (κ3) is 4.06. The van der Waals surface area contributed by atoms with Gasteiger partial charge in [-0.3, -0.25) is 9.10 Å². The first-order chi connectivity index (χ1) is 13.9. The van der Waals surface area contributed by atoms with E-state index in [-0.39, 0.29) is 10.8 Å². The highest BCUT2D eigenvalue weighted by Gasteiger charge is 2.23. The molecule has 1 amide bonds. The number of thiophene rings is 1. The monoisotopic (exact) mass is 492 g/mol. The lowest BCUT2D eigenvalue weighted by Crippen LogP contribution is -2.35. The molecule has 0 N–H and O–H groups in total. The van der Waals surface area contributed by atoms with E-state index < -0.39 is 10.0 Å². The van der Waals surface area contributed by atoms with Gasteiger partial charge in [-0.05, 0) is 73.2 Å². The Morgan fingerprint density at radius 2 is 1.72 bits per heavy atom. The molecule has 0 unspecified atom stereocenters. The molecule has 0 atom stereocenters. The van der Waals surface area contributed by atoms with E-state index in [2.05, 4.69) is 15.9 Å². The highest BCUT2D eigenvalue weighted by molar-refractivity contribution is 9.10. The van der Waals surface area contributed by atoms with E-state index in [4.69, 9.17) is 0 Å². The van der Waals surface area contributed by atoms with E-state index in [1.807, 2.05) is 23.1 Å². The molecule has 0 spiro atoms. The summed E-state index contributed by atoms with van der Waals surface area (Å²) in [6.45, 7) is 1.62. The highest BCUT2D eigenvalue weighted by atomic mass is 79.9. The van der Waals surface area contributed by atoms with Gasteiger partial charge >= 0.3 is 0 Å². The van der Waals surface area contributed by atoms with E-state index in [9.17, 15) is 13.2 Å². The number of carbonyl (C=O) groups is 1. The maximum Gasteiger partial charge on any atom is 0.264 e. The average molecular weight is 493 g/mol. The molecule has 152 valence electrons. The molecule has 0 radical (unpaired) electrons. The number of benzene rings is 2. The van der Waals surface area contributed by atoms with Gasteiger partial charge in [0, 0.05) is 29.3 Å². The van der Waals surface area contributed by atoms with Gasteiger partial charge in [0.15, 0.2) is 0 Å². The van der Waals surface area contributed by atoms with Crippen LogP contribution in [0.5, 0.6) is 0 Å². The highest BCUT2D eigenvalue weighted by Crippen LogP contribution is 2.32. The molecular formula is C21H21BrN2O3S2. The molecule has 8 heteroatoms. The zero-order chi connectivity index (χ0) is 20.6. The van der Waals surface area contributed by atoms with Crippen molar-refractivity contribution in [2.24, 2.45) is 0 Å². The third-order valence-electron chi connectivity index (χ3n) is 5.19.